The molecule has 0 aromatic heterocycles. The van der Waals surface area contributed by atoms with E-state index in [1.165, 1.54) is 0 Å². The molecule has 2 bridgehead atoms. The van der Waals surface area contributed by atoms with Crippen molar-refractivity contribution in [1.29, 1.82) is 0 Å². The normalized spacial score (nSPS) is 27.1. The number of nitrogens with two attached hydrogens (primary N) is 1. The van der Waals surface area contributed by atoms with Gasteiger partial charge in [0.05, 0.1) is 5.54 Å². The van der Waals surface area contributed by atoms with E-state index < -0.39 is 5.54 Å². The number of hydrogen-bond acceptors (Lipinski definition) is 3. The minimum Gasteiger partial charge on any atom is -0.339 e. The summed E-state index contributed by atoms with van der Waals surface area (Å²) in [6, 6.07) is 10.0. The number of carbonyl (C=O) groups is 2. The van der Waals surface area contributed by atoms with Crippen LogP contribution in [0.5, 0.6) is 0 Å². The van der Waals surface area contributed by atoms with Crippen LogP contribution in [-0.4, -0.2) is 52.3 Å². The van der Waals surface area contributed by atoms with Crippen LogP contribution in [0.4, 0.5) is 0 Å². The summed E-state index contributed by atoms with van der Waals surface area (Å²) in [6.45, 7) is 3.92. The van der Waals surface area contributed by atoms with Crippen molar-refractivity contribution in [3.63, 3.8) is 0 Å². The van der Waals surface area contributed by atoms with Crippen LogP contribution in [0.1, 0.15) is 62.7 Å². The van der Waals surface area contributed by atoms with Crippen LogP contribution >= 0.6 is 0 Å². The summed E-state index contributed by atoms with van der Waals surface area (Å²) in [4.78, 5) is 29.7. The number of carbonyl (C=O) groups excluding carboxylic acids is 2. The SMILES string of the molecule is CCCC(C)(N)C(=O)N1C2CCC1CC(N(C)C(=O)c1ccccc1)C2. The maximum absolute atomic E-state index is 13.0. The summed E-state index contributed by atoms with van der Waals surface area (Å²) in [5.41, 5.74) is 6.25. The molecular formula is C21H31N3O2. The van der Waals surface area contributed by atoms with Crippen molar-refractivity contribution in [3.8, 4) is 0 Å². The first-order valence-corrected chi connectivity index (χ1v) is 9.79. The van der Waals surface area contributed by atoms with Gasteiger partial charge in [0.2, 0.25) is 5.91 Å². The van der Waals surface area contributed by atoms with E-state index in [1.807, 2.05) is 54.1 Å². The molecule has 3 rings (SSSR count). The van der Waals surface area contributed by atoms with Crippen molar-refractivity contribution in [2.24, 2.45) is 5.73 Å². The molecule has 1 aromatic carbocycles. The third kappa shape index (κ3) is 3.50. The van der Waals surface area contributed by atoms with Gasteiger partial charge in [-0.25, -0.2) is 0 Å². The molecule has 2 aliphatic heterocycles. The highest BCUT2D eigenvalue weighted by Crippen LogP contribution is 2.39. The van der Waals surface area contributed by atoms with Crippen LogP contribution in [0.2, 0.25) is 0 Å². The lowest BCUT2D eigenvalue weighted by Gasteiger charge is -2.44. The zero-order valence-electron chi connectivity index (χ0n) is 16.1. The number of rotatable bonds is 5. The van der Waals surface area contributed by atoms with Crippen LogP contribution in [0.15, 0.2) is 30.3 Å². The van der Waals surface area contributed by atoms with Crippen LogP contribution in [0.3, 0.4) is 0 Å². The van der Waals surface area contributed by atoms with Crippen LogP contribution in [0.25, 0.3) is 0 Å². The molecule has 0 saturated carbocycles. The van der Waals surface area contributed by atoms with Crippen molar-refractivity contribution in [2.75, 3.05) is 7.05 Å². The van der Waals surface area contributed by atoms with Crippen molar-refractivity contribution in [2.45, 2.75) is 76.0 Å². The minimum absolute atomic E-state index is 0.0597. The Labute approximate surface area is 156 Å². The third-order valence-corrected chi connectivity index (χ3v) is 6.09. The maximum atomic E-state index is 13.0. The third-order valence-electron chi connectivity index (χ3n) is 6.09. The van der Waals surface area contributed by atoms with Crippen LogP contribution in [0, 0.1) is 0 Å². The molecule has 3 unspecified atom stereocenters. The molecule has 0 radical (unpaired) electrons. The first-order valence-electron chi connectivity index (χ1n) is 9.79. The molecule has 1 aromatic rings. The second-order valence-corrected chi connectivity index (χ2v) is 8.17. The van der Waals surface area contributed by atoms with Crippen molar-refractivity contribution in [1.82, 2.24) is 9.80 Å². The Bertz CT molecular complexity index is 644. The fourth-order valence-corrected chi connectivity index (χ4v) is 4.67. The average molecular weight is 357 g/mol. The van der Waals surface area contributed by atoms with E-state index in [1.54, 1.807) is 0 Å². The zero-order chi connectivity index (χ0) is 18.9. The van der Waals surface area contributed by atoms with Gasteiger partial charge in [-0.05, 0) is 51.2 Å². The molecule has 5 nitrogen and oxygen atoms in total. The number of benzene rings is 1. The Morgan fingerprint density at radius 3 is 2.31 bits per heavy atom. The van der Waals surface area contributed by atoms with Gasteiger partial charge in [0.1, 0.15) is 0 Å². The molecule has 3 atom stereocenters. The zero-order valence-corrected chi connectivity index (χ0v) is 16.1. The maximum Gasteiger partial charge on any atom is 0.253 e. The molecule has 142 valence electrons. The highest BCUT2D eigenvalue weighted by Gasteiger charge is 2.48. The fourth-order valence-electron chi connectivity index (χ4n) is 4.67. The number of nitrogens with zero attached hydrogens (tertiary/aromatic N) is 2. The molecule has 0 aliphatic carbocycles. The highest BCUT2D eigenvalue weighted by atomic mass is 16.2. The van der Waals surface area contributed by atoms with Gasteiger partial charge < -0.3 is 15.5 Å². The predicted molar refractivity (Wildman–Crippen MR) is 103 cm³/mol. The number of amides is 2. The summed E-state index contributed by atoms with van der Waals surface area (Å²) in [5, 5.41) is 0. The lowest BCUT2D eigenvalue weighted by Crippen LogP contribution is -2.60. The Hall–Kier alpha value is -1.88. The number of fused-ring (bicyclic) bond motifs is 2. The molecule has 2 N–H and O–H groups in total. The van der Waals surface area contributed by atoms with Crippen LogP contribution < -0.4 is 5.73 Å². The molecule has 26 heavy (non-hydrogen) atoms. The van der Waals surface area contributed by atoms with Gasteiger partial charge in [-0.1, -0.05) is 31.5 Å². The molecule has 2 fully saturated rings. The van der Waals surface area contributed by atoms with Crippen molar-refractivity contribution in [3.05, 3.63) is 35.9 Å². The van der Waals surface area contributed by atoms with E-state index in [2.05, 4.69) is 6.92 Å². The lowest BCUT2D eigenvalue weighted by molar-refractivity contribution is -0.142. The first-order chi connectivity index (χ1) is 12.3. The largest absolute Gasteiger partial charge is 0.339 e. The number of piperidine rings is 1. The minimum atomic E-state index is -0.784. The Morgan fingerprint density at radius 2 is 1.77 bits per heavy atom. The van der Waals surface area contributed by atoms with E-state index in [0.29, 0.717) is 6.42 Å². The Kier molecular flexibility index (Phi) is 5.37. The monoisotopic (exact) mass is 357 g/mol. The van der Waals surface area contributed by atoms with E-state index in [-0.39, 0.29) is 29.9 Å². The molecule has 2 aliphatic rings. The molecule has 2 heterocycles. The van der Waals surface area contributed by atoms with Gasteiger partial charge in [0, 0.05) is 30.7 Å². The van der Waals surface area contributed by atoms with Gasteiger partial charge in [-0.2, -0.15) is 0 Å². The van der Waals surface area contributed by atoms with Crippen LogP contribution in [-0.2, 0) is 4.79 Å². The summed E-state index contributed by atoms with van der Waals surface area (Å²) in [5.74, 6) is 0.145. The van der Waals surface area contributed by atoms with E-state index in [9.17, 15) is 9.59 Å². The molecule has 2 saturated heterocycles. The van der Waals surface area contributed by atoms with Gasteiger partial charge in [-0.15, -0.1) is 0 Å². The van der Waals surface area contributed by atoms with Gasteiger partial charge >= 0.3 is 0 Å². The summed E-state index contributed by atoms with van der Waals surface area (Å²) < 4.78 is 0. The Balaban J connectivity index is 1.70. The second kappa shape index (κ2) is 7.39. The molecular weight excluding hydrogens is 326 g/mol. The quantitative estimate of drug-likeness (QED) is 0.881. The fraction of sp³-hybridized carbons (Fsp3) is 0.619. The molecule has 5 heteroatoms. The smallest absolute Gasteiger partial charge is 0.253 e. The molecule has 0 spiro atoms. The predicted octanol–water partition coefficient (Wildman–Crippen LogP) is 2.80. The van der Waals surface area contributed by atoms with Gasteiger partial charge in [-0.3, -0.25) is 9.59 Å². The van der Waals surface area contributed by atoms with Gasteiger partial charge in [0.25, 0.3) is 5.91 Å². The topological polar surface area (TPSA) is 66.6 Å². The first kappa shape index (κ1) is 18.9. The van der Waals surface area contributed by atoms with Crippen molar-refractivity contribution < 1.29 is 9.59 Å². The summed E-state index contributed by atoms with van der Waals surface area (Å²) >= 11 is 0. The van der Waals surface area contributed by atoms with E-state index in [4.69, 9.17) is 5.73 Å². The van der Waals surface area contributed by atoms with Gasteiger partial charge in [0.15, 0.2) is 0 Å². The standard InChI is InChI=1S/C21H31N3O2/c1-4-12-21(2,22)20(26)24-16-10-11-17(24)14-18(13-16)23(3)19(25)15-8-6-5-7-9-15/h5-9,16-18H,4,10-14,22H2,1-3H3. The Morgan fingerprint density at radius 1 is 1.19 bits per heavy atom. The van der Waals surface area contributed by atoms with Crippen molar-refractivity contribution >= 4 is 11.8 Å². The summed E-state index contributed by atoms with van der Waals surface area (Å²) in [7, 11) is 1.89. The summed E-state index contributed by atoms with van der Waals surface area (Å²) in [6.07, 6.45) is 5.33. The molecule has 2 amide bonds. The average Bonchev–Trinajstić information content (AvgIpc) is 2.89. The number of hydrogen-bond donors (Lipinski definition) is 1. The highest BCUT2D eigenvalue weighted by molar-refractivity contribution is 5.94. The van der Waals surface area contributed by atoms with E-state index in [0.717, 1.165) is 37.7 Å². The lowest BCUT2D eigenvalue weighted by atomic mass is 9.90. The van der Waals surface area contributed by atoms with E-state index >= 15 is 0 Å². The second-order valence-electron chi connectivity index (χ2n) is 8.17.